The summed E-state index contributed by atoms with van der Waals surface area (Å²) in [6, 6.07) is 17.7. The Kier molecular flexibility index (Phi) is 7.96. The summed E-state index contributed by atoms with van der Waals surface area (Å²) in [6.07, 6.45) is 0. The number of halogens is 3. The van der Waals surface area contributed by atoms with E-state index in [4.69, 9.17) is 32.7 Å². The molecule has 0 aliphatic heterocycles. The summed E-state index contributed by atoms with van der Waals surface area (Å²) in [5.41, 5.74) is 2.19. The summed E-state index contributed by atoms with van der Waals surface area (Å²) in [6.45, 7) is 1.56. The molecule has 0 unspecified atom stereocenters. The molecule has 0 atom stereocenters. The summed E-state index contributed by atoms with van der Waals surface area (Å²) >= 11 is 15.7. The van der Waals surface area contributed by atoms with Gasteiger partial charge in [-0.2, -0.15) is 0 Å². The molecule has 0 aliphatic rings. The van der Waals surface area contributed by atoms with Crippen LogP contribution < -0.4 is 10.1 Å². The van der Waals surface area contributed by atoms with Crippen molar-refractivity contribution in [3.05, 3.63) is 91.9 Å². The van der Waals surface area contributed by atoms with E-state index in [1.54, 1.807) is 43.3 Å². The molecule has 0 aromatic heterocycles. The van der Waals surface area contributed by atoms with Gasteiger partial charge in [0.1, 0.15) is 17.9 Å². The zero-order chi connectivity index (χ0) is 22.4. The maximum Gasteiger partial charge on any atom is 0.342 e. The number of hydrogen-bond acceptors (Lipinski definition) is 4. The molecule has 5 nitrogen and oxygen atoms in total. The van der Waals surface area contributed by atoms with Crippen LogP contribution in [0, 0.1) is 6.92 Å². The van der Waals surface area contributed by atoms with Crippen molar-refractivity contribution in [2.45, 2.75) is 13.5 Å². The molecule has 0 spiro atoms. The number of anilines is 1. The minimum Gasteiger partial charge on any atom is -0.488 e. The quantitative estimate of drug-likeness (QED) is 0.363. The lowest BCUT2D eigenvalue weighted by Gasteiger charge is -2.13. The summed E-state index contributed by atoms with van der Waals surface area (Å²) in [7, 11) is 0. The first-order valence-electron chi connectivity index (χ1n) is 9.23. The fourth-order valence-electron chi connectivity index (χ4n) is 2.70. The van der Waals surface area contributed by atoms with Crippen molar-refractivity contribution in [2.24, 2.45) is 0 Å². The van der Waals surface area contributed by atoms with E-state index in [-0.39, 0.29) is 17.9 Å². The van der Waals surface area contributed by atoms with E-state index in [9.17, 15) is 9.59 Å². The third-order valence-electron chi connectivity index (χ3n) is 4.27. The van der Waals surface area contributed by atoms with E-state index < -0.39 is 18.5 Å². The normalized spacial score (nSPS) is 10.5. The fraction of sp³-hybridized carbons (Fsp3) is 0.130. The van der Waals surface area contributed by atoms with Crippen molar-refractivity contribution in [3.8, 4) is 5.75 Å². The molecule has 0 saturated heterocycles. The Morgan fingerprint density at radius 1 is 1.03 bits per heavy atom. The molecule has 0 fully saturated rings. The van der Waals surface area contributed by atoms with Crippen LogP contribution in [0.15, 0.2) is 65.1 Å². The molecular weight excluding hydrogens is 505 g/mol. The molecule has 3 aromatic rings. The standard InChI is InChI=1S/C23H18BrCl2NO4/c1-14-9-10-18(25)22(21(14)26)27-20(28)13-31-23(29)17-7-2-3-8-19(17)30-12-15-5-4-6-16(24)11-15/h2-11H,12-13H2,1H3,(H,27,28). The van der Waals surface area contributed by atoms with Crippen molar-refractivity contribution in [1.29, 1.82) is 0 Å². The number of rotatable bonds is 7. The Bertz CT molecular complexity index is 1120. The van der Waals surface area contributed by atoms with E-state index in [1.165, 1.54) is 0 Å². The van der Waals surface area contributed by atoms with Crippen LogP contribution in [0.4, 0.5) is 5.69 Å². The largest absolute Gasteiger partial charge is 0.488 e. The van der Waals surface area contributed by atoms with Gasteiger partial charge in [-0.05, 0) is 48.4 Å². The Morgan fingerprint density at radius 2 is 1.81 bits per heavy atom. The number of amides is 1. The minimum atomic E-state index is -0.679. The summed E-state index contributed by atoms with van der Waals surface area (Å²) in [5.74, 6) is -0.880. The molecule has 0 heterocycles. The average Bonchev–Trinajstić information content (AvgIpc) is 2.76. The van der Waals surface area contributed by atoms with Gasteiger partial charge >= 0.3 is 5.97 Å². The molecule has 0 aliphatic carbocycles. The third-order valence-corrected chi connectivity index (χ3v) is 5.57. The maximum atomic E-state index is 12.5. The molecule has 31 heavy (non-hydrogen) atoms. The van der Waals surface area contributed by atoms with Gasteiger partial charge in [0, 0.05) is 4.47 Å². The number of carbonyl (C=O) groups excluding carboxylic acids is 2. The van der Waals surface area contributed by atoms with E-state index >= 15 is 0 Å². The third kappa shape index (κ3) is 6.23. The predicted molar refractivity (Wildman–Crippen MR) is 125 cm³/mol. The van der Waals surface area contributed by atoms with Crippen LogP contribution in [0.2, 0.25) is 10.0 Å². The van der Waals surface area contributed by atoms with E-state index in [1.807, 2.05) is 24.3 Å². The lowest BCUT2D eigenvalue weighted by atomic mass is 10.2. The number of benzene rings is 3. The molecule has 3 aromatic carbocycles. The van der Waals surface area contributed by atoms with Gasteiger partial charge in [-0.1, -0.05) is 69.5 Å². The zero-order valence-electron chi connectivity index (χ0n) is 16.5. The van der Waals surface area contributed by atoms with E-state index in [2.05, 4.69) is 21.2 Å². The number of para-hydroxylation sites is 1. The Morgan fingerprint density at radius 3 is 2.58 bits per heavy atom. The smallest absolute Gasteiger partial charge is 0.342 e. The van der Waals surface area contributed by atoms with Crippen LogP contribution in [-0.2, 0) is 16.1 Å². The second-order valence-electron chi connectivity index (χ2n) is 6.59. The number of nitrogens with one attached hydrogen (secondary N) is 1. The molecule has 1 N–H and O–H groups in total. The lowest BCUT2D eigenvalue weighted by Crippen LogP contribution is -2.21. The molecule has 1 amide bonds. The molecule has 0 saturated carbocycles. The first kappa shape index (κ1) is 23.1. The van der Waals surface area contributed by atoms with Gasteiger partial charge in [0.05, 0.1) is 15.7 Å². The summed E-state index contributed by atoms with van der Waals surface area (Å²) < 4.78 is 11.9. The van der Waals surface area contributed by atoms with Crippen molar-refractivity contribution in [2.75, 3.05) is 11.9 Å². The number of hydrogen-bond donors (Lipinski definition) is 1. The van der Waals surface area contributed by atoms with Crippen LogP contribution in [0.3, 0.4) is 0 Å². The Balaban J connectivity index is 1.62. The highest BCUT2D eigenvalue weighted by molar-refractivity contribution is 9.10. The zero-order valence-corrected chi connectivity index (χ0v) is 19.6. The molecule has 160 valence electrons. The first-order chi connectivity index (χ1) is 14.8. The van der Waals surface area contributed by atoms with E-state index in [0.29, 0.717) is 15.8 Å². The Hall–Kier alpha value is -2.54. The molecule has 0 radical (unpaired) electrons. The van der Waals surface area contributed by atoms with Crippen LogP contribution in [0.25, 0.3) is 0 Å². The highest BCUT2D eigenvalue weighted by Crippen LogP contribution is 2.32. The van der Waals surface area contributed by atoms with Gasteiger partial charge < -0.3 is 14.8 Å². The molecular formula is C23H18BrCl2NO4. The van der Waals surface area contributed by atoms with E-state index in [0.717, 1.165) is 15.6 Å². The van der Waals surface area contributed by atoms with Gasteiger partial charge in [-0.3, -0.25) is 4.79 Å². The van der Waals surface area contributed by atoms with Crippen LogP contribution in [0.5, 0.6) is 5.75 Å². The minimum absolute atomic E-state index is 0.219. The second kappa shape index (κ2) is 10.7. The van der Waals surface area contributed by atoms with Gasteiger partial charge in [0.25, 0.3) is 5.91 Å². The number of carbonyl (C=O) groups is 2. The van der Waals surface area contributed by atoms with Crippen LogP contribution in [-0.4, -0.2) is 18.5 Å². The second-order valence-corrected chi connectivity index (χ2v) is 8.29. The molecule has 3 rings (SSSR count). The van der Waals surface area contributed by atoms with Crippen LogP contribution in [0.1, 0.15) is 21.5 Å². The lowest BCUT2D eigenvalue weighted by molar-refractivity contribution is -0.119. The maximum absolute atomic E-state index is 12.5. The Labute approximate surface area is 198 Å². The first-order valence-corrected chi connectivity index (χ1v) is 10.8. The van der Waals surface area contributed by atoms with Crippen LogP contribution >= 0.6 is 39.1 Å². The summed E-state index contributed by atoms with van der Waals surface area (Å²) in [4.78, 5) is 24.8. The monoisotopic (exact) mass is 521 g/mol. The summed E-state index contributed by atoms with van der Waals surface area (Å²) in [5, 5.41) is 3.20. The average molecular weight is 523 g/mol. The number of aryl methyl sites for hydroxylation is 1. The number of ether oxygens (including phenoxy) is 2. The van der Waals surface area contributed by atoms with Gasteiger partial charge in [0.15, 0.2) is 6.61 Å². The van der Waals surface area contributed by atoms with Gasteiger partial charge in [-0.15, -0.1) is 0 Å². The van der Waals surface area contributed by atoms with Crippen molar-refractivity contribution in [3.63, 3.8) is 0 Å². The predicted octanol–water partition coefficient (Wildman–Crippen LogP) is 6.44. The SMILES string of the molecule is Cc1ccc(Cl)c(NC(=O)COC(=O)c2ccccc2OCc2cccc(Br)c2)c1Cl. The molecule has 0 bridgehead atoms. The van der Waals surface area contributed by atoms with Crippen molar-refractivity contribution in [1.82, 2.24) is 0 Å². The van der Waals surface area contributed by atoms with Crippen molar-refractivity contribution >= 4 is 56.7 Å². The molecule has 8 heteroatoms. The van der Waals surface area contributed by atoms with Gasteiger partial charge in [0.2, 0.25) is 0 Å². The fourth-order valence-corrected chi connectivity index (χ4v) is 3.62. The highest BCUT2D eigenvalue weighted by atomic mass is 79.9. The topological polar surface area (TPSA) is 64.6 Å². The highest BCUT2D eigenvalue weighted by Gasteiger charge is 2.17. The van der Waals surface area contributed by atoms with Crippen molar-refractivity contribution < 1.29 is 19.1 Å². The van der Waals surface area contributed by atoms with Gasteiger partial charge in [-0.25, -0.2) is 4.79 Å². The number of esters is 1.